The van der Waals surface area contributed by atoms with Crippen LogP contribution >= 0.6 is 0 Å². The molecule has 0 radical (unpaired) electrons. The van der Waals surface area contributed by atoms with E-state index in [-0.39, 0.29) is 0 Å². The van der Waals surface area contributed by atoms with Crippen molar-refractivity contribution in [1.29, 1.82) is 0 Å². The number of pyridine rings is 1. The molecule has 1 atom stereocenters. The second-order valence-corrected chi connectivity index (χ2v) is 5.39. The Morgan fingerprint density at radius 3 is 2.90 bits per heavy atom. The van der Waals surface area contributed by atoms with E-state index in [0.717, 1.165) is 25.8 Å². The number of aromatic hydroxyl groups is 1. The number of nitrogens with zero attached hydrogens (tertiary/aromatic N) is 1. The van der Waals surface area contributed by atoms with Crippen molar-refractivity contribution in [3.8, 4) is 5.75 Å². The van der Waals surface area contributed by atoms with Gasteiger partial charge in [0.15, 0.2) is 0 Å². The van der Waals surface area contributed by atoms with Crippen molar-refractivity contribution in [1.82, 2.24) is 10.3 Å². The Bertz CT molecular complexity index is 568. The van der Waals surface area contributed by atoms with Crippen LogP contribution in [0.5, 0.6) is 5.75 Å². The predicted octanol–water partition coefficient (Wildman–Crippen LogP) is 3.00. The summed E-state index contributed by atoms with van der Waals surface area (Å²) in [4.78, 5) is 4.03. The highest BCUT2D eigenvalue weighted by Gasteiger charge is 2.19. The Balaban J connectivity index is 1.63. The van der Waals surface area contributed by atoms with Gasteiger partial charge in [-0.1, -0.05) is 6.07 Å². The molecule has 3 rings (SSSR count). The average molecular weight is 268 g/mol. The average Bonchev–Trinajstić information content (AvgIpc) is 2.49. The van der Waals surface area contributed by atoms with Crippen molar-refractivity contribution < 1.29 is 5.11 Å². The van der Waals surface area contributed by atoms with Crippen molar-refractivity contribution in [2.45, 2.75) is 31.7 Å². The van der Waals surface area contributed by atoms with Gasteiger partial charge in [-0.2, -0.15) is 0 Å². The van der Waals surface area contributed by atoms with E-state index in [1.54, 1.807) is 6.07 Å². The lowest BCUT2D eigenvalue weighted by molar-refractivity contribution is 0.448. The molecule has 1 heterocycles. The largest absolute Gasteiger partial charge is 0.508 e. The lowest BCUT2D eigenvalue weighted by Crippen LogP contribution is -2.27. The smallest absolute Gasteiger partial charge is 0.115 e. The molecule has 0 bridgehead atoms. The molecular weight excluding hydrogens is 248 g/mol. The summed E-state index contributed by atoms with van der Waals surface area (Å²) in [5.41, 5.74) is 3.95. The molecule has 1 aromatic carbocycles. The third-order valence-corrected chi connectivity index (χ3v) is 4.00. The molecular formula is C17H20N2O. The fraction of sp³-hybridized carbons (Fsp3) is 0.353. The van der Waals surface area contributed by atoms with Gasteiger partial charge in [0.1, 0.15) is 5.75 Å². The van der Waals surface area contributed by atoms with Gasteiger partial charge in [0.2, 0.25) is 0 Å². The summed E-state index contributed by atoms with van der Waals surface area (Å²) in [7, 11) is 0. The molecule has 2 N–H and O–H groups in total. The van der Waals surface area contributed by atoms with Crippen LogP contribution in [0.25, 0.3) is 0 Å². The number of hydrogen-bond acceptors (Lipinski definition) is 3. The molecule has 3 heteroatoms. The van der Waals surface area contributed by atoms with Gasteiger partial charge in [-0.15, -0.1) is 0 Å². The highest BCUT2D eigenvalue weighted by molar-refractivity contribution is 5.38. The number of fused-ring (bicyclic) bond motifs is 1. The van der Waals surface area contributed by atoms with Crippen LogP contribution in [0.1, 0.15) is 35.6 Å². The molecule has 2 aromatic rings. The maximum absolute atomic E-state index is 9.67. The van der Waals surface area contributed by atoms with Gasteiger partial charge in [-0.3, -0.25) is 4.98 Å². The predicted molar refractivity (Wildman–Crippen MR) is 79.7 cm³/mol. The molecule has 20 heavy (non-hydrogen) atoms. The Morgan fingerprint density at radius 1 is 1.20 bits per heavy atom. The van der Waals surface area contributed by atoms with E-state index in [0.29, 0.717) is 11.8 Å². The molecule has 0 saturated heterocycles. The number of nitrogens with one attached hydrogen (secondary N) is 1. The second-order valence-electron chi connectivity index (χ2n) is 5.39. The number of hydrogen-bond donors (Lipinski definition) is 2. The minimum absolute atomic E-state index is 0.367. The first-order valence-corrected chi connectivity index (χ1v) is 7.27. The van der Waals surface area contributed by atoms with Gasteiger partial charge >= 0.3 is 0 Å². The molecule has 3 nitrogen and oxygen atoms in total. The molecule has 0 saturated carbocycles. The van der Waals surface area contributed by atoms with E-state index in [9.17, 15) is 5.11 Å². The van der Waals surface area contributed by atoms with Gasteiger partial charge < -0.3 is 10.4 Å². The normalized spacial score (nSPS) is 17.7. The van der Waals surface area contributed by atoms with Crippen molar-refractivity contribution >= 4 is 0 Å². The summed E-state index contributed by atoms with van der Waals surface area (Å²) in [6.07, 6.45) is 8.16. The van der Waals surface area contributed by atoms with Crippen LogP contribution in [-0.2, 0) is 12.8 Å². The zero-order chi connectivity index (χ0) is 13.8. The summed E-state index contributed by atoms with van der Waals surface area (Å²) in [5.74, 6) is 0.367. The summed E-state index contributed by atoms with van der Waals surface area (Å²) in [6, 6.07) is 10.2. The maximum atomic E-state index is 9.67. The highest BCUT2D eigenvalue weighted by Crippen LogP contribution is 2.31. The number of rotatable bonds is 4. The first kappa shape index (κ1) is 13.1. The number of phenols is 1. The third kappa shape index (κ3) is 2.99. The zero-order valence-corrected chi connectivity index (χ0v) is 11.5. The fourth-order valence-electron chi connectivity index (χ4n) is 2.94. The molecule has 104 valence electrons. The zero-order valence-electron chi connectivity index (χ0n) is 11.5. The van der Waals surface area contributed by atoms with Gasteiger partial charge in [-0.25, -0.2) is 0 Å². The lowest BCUT2D eigenvalue weighted by Gasteiger charge is -2.26. The van der Waals surface area contributed by atoms with E-state index in [1.165, 1.54) is 23.1 Å². The van der Waals surface area contributed by atoms with Crippen molar-refractivity contribution in [2.75, 3.05) is 6.54 Å². The number of phenolic OH excluding ortho intramolecular Hbond substituents is 1. The SMILES string of the molecule is Oc1ccc2c(c1)C(NCCc1ccncc1)CCC2. The second kappa shape index (κ2) is 6.06. The standard InChI is InChI=1S/C17H20N2O/c20-15-5-4-14-2-1-3-17(16(14)12-15)19-11-8-13-6-9-18-10-7-13/h4-7,9-10,12,17,19-20H,1-3,8,11H2. The van der Waals surface area contributed by atoms with Crippen molar-refractivity contribution in [2.24, 2.45) is 0 Å². The van der Waals surface area contributed by atoms with Gasteiger partial charge in [-0.05, 0) is 73.2 Å². The van der Waals surface area contributed by atoms with Gasteiger partial charge in [0.05, 0.1) is 0 Å². The van der Waals surface area contributed by atoms with E-state index in [4.69, 9.17) is 0 Å². The molecule has 0 aliphatic heterocycles. The topological polar surface area (TPSA) is 45.1 Å². The summed E-state index contributed by atoms with van der Waals surface area (Å²) in [6.45, 7) is 0.948. The van der Waals surface area contributed by atoms with Crippen LogP contribution < -0.4 is 5.32 Å². The maximum Gasteiger partial charge on any atom is 0.115 e. The van der Waals surface area contributed by atoms with Crippen LogP contribution in [0.15, 0.2) is 42.7 Å². The summed E-state index contributed by atoms with van der Waals surface area (Å²) < 4.78 is 0. The monoisotopic (exact) mass is 268 g/mol. The Hall–Kier alpha value is -1.87. The van der Waals surface area contributed by atoms with E-state index < -0.39 is 0 Å². The molecule has 1 unspecified atom stereocenters. The molecule has 0 spiro atoms. The third-order valence-electron chi connectivity index (χ3n) is 4.00. The molecule has 1 aliphatic rings. The first-order chi connectivity index (χ1) is 9.83. The molecule has 1 aromatic heterocycles. The van der Waals surface area contributed by atoms with Gasteiger partial charge in [0.25, 0.3) is 0 Å². The highest BCUT2D eigenvalue weighted by atomic mass is 16.3. The van der Waals surface area contributed by atoms with E-state index in [1.807, 2.05) is 18.5 Å². The lowest BCUT2D eigenvalue weighted by atomic mass is 9.87. The van der Waals surface area contributed by atoms with E-state index >= 15 is 0 Å². The van der Waals surface area contributed by atoms with Crippen molar-refractivity contribution in [3.63, 3.8) is 0 Å². The van der Waals surface area contributed by atoms with Crippen LogP contribution in [0.4, 0.5) is 0 Å². The molecule has 1 aliphatic carbocycles. The number of aryl methyl sites for hydroxylation is 1. The minimum atomic E-state index is 0.367. The number of aromatic nitrogens is 1. The Morgan fingerprint density at radius 2 is 2.05 bits per heavy atom. The van der Waals surface area contributed by atoms with Crippen molar-refractivity contribution in [3.05, 3.63) is 59.4 Å². The quantitative estimate of drug-likeness (QED) is 0.896. The Labute approximate surface area is 119 Å². The fourth-order valence-corrected chi connectivity index (χ4v) is 2.94. The van der Waals surface area contributed by atoms with Crippen LogP contribution in [0, 0.1) is 0 Å². The summed E-state index contributed by atoms with van der Waals surface area (Å²) in [5, 5.41) is 13.3. The van der Waals surface area contributed by atoms with Crippen LogP contribution in [0.3, 0.4) is 0 Å². The van der Waals surface area contributed by atoms with E-state index in [2.05, 4.69) is 28.5 Å². The molecule has 0 amide bonds. The van der Waals surface area contributed by atoms with Crippen LogP contribution in [-0.4, -0.2) is 16.6 Å². The molecule has 0 fully saturated rings. The Kier molecular flexibility index (Phi) is 3.97. The van der Waals surface area contributed by atoms with Gasteiger partial charge in [0, 0.05) is 18.4 Å². The van der Waals surface area contributed by atoms with Crippen LogP contribution in [0.2, 0.25) is 0 Å². The summed E-state index contributed by atoms with van der Waals surface area (Å²) >= 11 is 0. The minimum Gasteiger partial charge on any atom is -0.508 e. The first-order valence-electron chi connectivity index (χ1n) is 7.27. The number of benzene rings is 1.